The topological polar surface area (TPSA) is 81.7 Å². The number of rotatable bonds is 23. The van der Waals surface area contributed by atoms with Gasteiger partial charge < -0.3 is 38.8 Å². The van der Waals surface area contributed by atoms with Gasteiger partial charge in [-0.15, -0.1) is 11.6 Å². The molecule has 0 bridgehead atoms. The van der Waals surface area contributed by atoms with Crippen molar-refractivity contribution in [3.63, 3.8) is 0 Å². The number of nitrogens with zero attached hydrogens (tertiary/aromatic N) is 2. The number of hydrogen-bond acceptors (Lipinski definition) is 10. The summed E-state index contributed by atoms with van der Waals surface area (Å²) < 4.78 is 28.8. The second-order valence-corrected chi connectivity index (χ2v) is 16.6. The van der Waals surface area contributed by atoms with E-state index in [0.717, 1.165) is 59.7 Å². The lowest BCUT2D eigenvalue weighted by Crippen LogP contribution is -2.38. The molecule has 0 aromatic heterocycles. The monoisotopic (exact) mass is 759 g/mol. The van der Waals surface area contributed by atoms with Gasteiger partial charge in [0.1, 0.15) is 6.61 Å². The minimum atomic E-state index is -0.00214. The Morgan fingerprint density at radius 1 is 0.980 bits per heavy atom. The van der Waals surface area contributed by atoms with Crippen molar-refractivity contribution < 1.29 is 28.5 Å². The fourth-order valence-electron chi connectivity index (χ4n) is 6.29. The molecule has 51 heavy (non-hydrogen) atoms. The molecule has 1 aliphatic rings. The van der Waals surface area contributed by atoms with Crippen molar-refractivity contribution in [1.29, 1.82) is 0 Å². The molecular weight excluding hydrogens is 706 g/mol. The van der Waals surface area contributed by atoms with Crippen LogP contribution in [0.15, 0.2) is 48.5 Å². The second-order valence-electron chi connectivity index (χ2n) is 13.2. The van der Waals surface area contributed by atoms with Gasteiger partial charge in [-0.1, -0.05) is 39.8 Å². The molecule has 1 heterocycles. The lowest BCUT2D eigenvalue weighted by molar-refractivity contribution is -0.107. The molecule has 3 aromatic rings. The number of anilines is 3. The molecule has 0 saturated carbocycles. The van der Waals surface area contributed by atoms with E-state index in [9.17, 15) is 4.79 Å². The number of aryl methyl sites for hydroxylation is 2. The molecule has 9 nitrogen and oxygen atoms in total. The van der Waals surface area contributed by atoms with Gasteiger partial charge in [0.15, 0.2) is 11.5 Å². The number of ether oxygens (including phenoxy) is 5. The Morgan fingerprint density at radius 2 is 1.73 bits per heavy atom. The summed E-state index contributed by atoms with van der Waals surface area (Å²) in [4.78, 5) is 16.3. The van der Waals surface area contributed by atoms with Crippen LogP contribution in [0.4, 0.5) is 17.1 Å². The predicted octanol–water partition coefficient (Wildman–Crippen LogP) is 7.91. The molecule has 1 amide bonds. The zero-order valence-electron chi connectivity index (χ0n) is 31.1. The van der Waals surface area contributed by atoms with E-state index in [1.807, 2.05) is 46.9 Å². The number of amides is 1. The summed E-state index contributed by atoms with van der Waals surface area (Å²) in [5, 5.41) is 3.59. The van der Waals surface area contributed by atoms with E-state index in [1.165, 1.54) is 11.1 Å². The van der Waals surface area contributed by atoms with E-state index in [-0.39, 0.29) is 10.8 Å². The maximum atomic E-state index is 12.1. The van der Waals surface area contributed by atoms with Crippen molar-refractivity contribution in [3.8, 4) is 11.5 Å². The lowest BCUT2D eigenvalue weighted by Gasteiger charge is -2.34. The first-order valence-electron chi connectivity index (χ1n) is 17.3. The van der Waals surface area contributed by atoms with Gasteiger partial charge in [-0.05, 0) is 92.5 Å². The lowest BCUT2D eigenvalue weighted by atomic mass is 10.0. The van der Waals surface area contributed by atoms with E-state index < -0.39 is 0 Å². The van der Waals surface area contributed by atoms with E-state index >= 15 is 0 Å². The molecule has 1 aliphatic heterocycles. The molecule has 4 rings (SSSR count). The summed E-state index contributed by atoms with van der Waals surface area (Å²) in [6.07, 6.45) is 3.86. The van der Waals surface area contributed by atoms with Crippen molar-refractivity contribution in [2.75, 3.05) is 88.3 Å². The number of nitrogens with one attached hydrogen (secondary N) is 1. The van der Waals surface area contributed by atoms with Crippen molar-refractivity contribution in [1.82, 2.24) is 0 Å². The minimum absolute atomic E-state index is 0.00214. The zero-order chi connectivity index (χ0) is 36.8. The Labute approximate surface area is 317 Å². The smallest absolute Gasteiger partial charge is 0.214 e. The average Bonchev–Trinajstić information content (AvgIpc) is 3.49. The highest BCUT2D eigenvalue weighted by Crippen LogP contribution is 2.38. The predicted molar refractivity (Wildman–Crippen MR) is 215 cm³/mol. The average molecular weight is 760 g/mol. The number of alkyl halides is 1. The summed E-state index contributed by atoms with van der Waals surface area (Å²) in [7, 11) is 6.96. The Kier molecular flexibility index (Phi) is 16.4. The standard InChI is InChI=1S/C39H54ClN3O6S2/c1-28-9-8-10-36-34(28)21-33(43(36)27-44)24-41-35-22-38(37(46-6)17-29(35)2)49-25-31-18-30(23-40)19-32(20-31)42(26-39(3,4)51-50-7)11-12-47-15-16-48-14-13-45-5/h8-10,17-20,22,27,33,41H,11-16,21,23-26H2,1-7H3. The summed E-state index contributed by atoms with van der Waals surface area (Å²) in [5.74, 6) is 1.68. The van der Waals surface area contributed by atoms with Crippen molar-refractivity contribution in [2.24, 2.45) is 0 Å². The van der Waals surface area contributed by atoms with E-state index in [2.05, 4.69) is 61.5 Å². The molecule has 1 unspecified atom stereocenters. The zero-order valence-corrected chi connectivity index (χ0v) is 33.5. The fraction of sp³-hybridized carbons (Fsp3) is 0.513. The van der Waals surface area contributed by atoms with Gasteiger partial charge in [-0.25, -0.2) is 0 Å². The number of halogens is 1. The van der Waals surface area contributed by atoms with Crippen LogP contribution in [0.1, 0.15) is 41.7 Å². The molecule has 280 valence electrons. The third-order valence-corrected chi connectivity index (χ3v) is 11.7. The normalized spacial score (nSPS) is 14.0. The molecule has 1 atom stereocenters. The maximum absolute atomic E-state index is 12.1. The highest BCUT2D eigenvalue weighted by molar-refractivity contribution is 8.77. The molecule has 0 spiro atoms. The molecule has 0 radical (unpaired) electrons. The molecule has 3 aromatic carbocycles. The number of benzene rings is 3. The molecule has 1 N–H and O–H groups in total. The van der Waals surface area contributed by atoms with E-state index in [1.54, 1.807) is 25.0 Å². The van der Waals surface area contributed by atoms with Crippen LogP contribution in [0.3, 0.4) is 0 Å². The number of carbonyl (C=O) groups is 1. The largest absolute Gasteiger partial charge is 0.493 e. The van der Waals surface area contributed by atoms with Gasteiger partial charge in [0, 0.05) is 60.5 Å². The van der Waals surface area contributed by atoms with Crippen LogP contribution in [0.5, 0.6) is 11.5 Å². The Hall–Kier alpha value is -2.80. The number of hydrogen-bond donors (Lipinski definition) is 1. The Balaban J connectivity index is 1.48. The van der Waals surface area contributed by atoms with Crippen LogP contribution in [0, 0.1) is 13.8 Å². The molecule has 0 fully saturated rings. The van der Waals surface area contributed by atoms with Gasteiger partial charge in [-0.2, -0.15) is 0 Å². The van der Waals surface area contributed by atoms with Gasteiger partial charge in [-0.3, -0.25) is 4.79 Å². The number of fused-ring (bicyclic) bond motifs is 1. The van der Waals surface area contributed by atoms with Crippen LogP contribution in [0.25, 0.3) is 0 Å². The quantitative estimate of drug-likeness (QED) is 0.0446. The Bertz CT molecular complexity index is 1560. The van der Waals surface area contributed by atoms with Crippen molar-refractivity contribution in [3.05, 3.63) is 76.3 Å². The summed E-state index contributed by atoms with van der Waals surface area (Å²) >= 11 is 6.44. The summed E-state index contributed by atoms with van der Waals surface area (Å²) in [5.41, 5.74) is 8.49. The first kappa shape index (κ1) is 41.0. The van der Waals surface area contributed by atoms with Crippen LogP contribution >= 0.6 is 33.2 Å². The number of methoxy groups -OCH3 is 2. The maximum Gasteiger partial charge on any atom is 0.214 e. The van der Waals surface area contributed by atoms with Gasteiger partial charge in [0.25, 0.3) is 0 Å². The third kappa shape index (κ3) is 11.9. The van der Waals surface area contributed by atoms with Gasteiger partial charge >= 0.3 is 0 Å². The van der Waals surface area contributed by atoms with Gasteiger partial charge in [0.05, 0.1) is 46.2 Å². The van der Waals surface area contributed by atoms with Crippen LogP contribution < -0.4 is 24.6 Å². The minimum Gasteiger partial charge on any atom is -0.493 e. The first-order chi connectivity index (χ1) is 24.6. The van der Waals surface area contributed by atoms with E-state index in [4.69, 9.17) is 35.3 Å². The van der Waals surface area contributed by atoms with E-state index in [0.29, 0.717) is 63.6 Å². The Morgan fingerprint density at radius 3 is 2.43 bits per heavy atom. The highest BCUT2D eigenvalue weighted by atomic mass is 35.5. The molecular formula is C39H54ClN3O6S2. The van der Waals surface area contributed by atoms with Crippen molar-refractivity contribution in [2.45, 2.75) is 57.4 Å². The van der Waals surface area contributed by atoms with Crippen LogP contribution in [-0.2, 0) is 37.9 Å². The highest BCUT2D eigenvalue weighted by Gasteiger charge is 2.30. The SMILES string of the molecule is COCCOCCOCCN(CC(C)(C)SSC)c1cc(CCl)cc(COc2cc(NCC3Cc4c(C)cccc4N3C=O)c(C)cc2OC)c1. The van der Waals surface area contributed by atoms with Gasteiger partial charge in [0.2, 0.25) is 6.41 Å². The summed E-state index contributed by atoms with van der Waals surface area (Å²) in [6.45, 7) is 13.9. The first-order valence-corrected chi connectivity index (χ1v) is 20.4. The number of carbonyl (C=O) groups excluding carboxylic acids is 1. The van der Waals surface area contributed by atoms with Crippen molar-refractivity contribution >= 4 is 56.7 Å². The summed E-state index contributed by atoms with van der Waals surface area (Å²) in [6, 6.07) is 16.5. The second kappa shape index (κ2) is 20.4. The molecule has 0 saturated heterocycles. The fourth-order valence-corrected chi connectivity index (χ4v) is 8.61. The molecule has 0 aliphatic carbocycles. The third-order valence-electron chi connectivity index (χ3n) is 8.79. The van der Waals surface area contributed by atoms with Crippen LogP contribution in [-0.4, -0.2) is 90.3 Å². The van der Waals surface area contributed by atoms with Crippen LogP contribution in [0.2, 0.25) is 0 Å². The molecule has 12 heteroatoms.